The SMILES string of the molecule is Cc1nc(Cl)nc(N)c1CCC1CCN(C(=O)[C@H](C)N)CC1.Cl.Cl. The second-order valence-corrected chi connectivity index (χ2v) is 6.38. The van der Waals surface area contributed by atoms with Crippen molar-refractivity contribution in [3.8, 4) is 0 Å². The zero-order valence-corrected chi connectivity index (χ0v) is 16.4. The van der Waals surface area contributed by atoms with Crippen molar-refractivity contribution in [2.75, 3.05) is 18.8 Å². The molecule has 1 atom stereocenters. The van der Waals surface area contributed by atoms with Gasteiger partial charge in [0.2, 0.25) is 11.2 Å². The number of piperidine rings is 1. The molecule has 1 aliphatic rings. The number of amides is 1. The second-order valence-electron chi connectivity index (χ2n) is 6.04. The number of anilines is 1. The van der Waals surface area contributed by atoms with E-state index in [1.165, 1.54) is 0 Å². The van der Waals surface area contributed by atoms with E-state index in [-0.39, 0.29) is 36.0 Å². The lowest BCUT2D eigenvalue weighted by atomic mass is 9.90. The molecule has 0 aliphatic carbocycles. The van der Waals surface area contributed by atoms with Crippen LogP contribution in [0.15, 0.2) is 0 Å². The van der Waals surface area contributed by atoms with Gasteiger partial charge in [0.15, 0.2) is 0 Å². The first-order valence-electron chi connectivity index (χ1n) is 7.71. The van der Waals surface area contributed by atoms with Crippen molar-refractivity contribution < 1.29 is 4.79 Å². The number of likely N-dealkylation sites (tertiary alicyclic amines) is 1. The molecule has 1 aromatic rings. The summed E-state index contributed by atoms with van der Waals surface area (Å²) in [7, 11) is 0. The van der Waals surface area contributed by atoms with Gasteiger partial charge in [0.1, 0.15) is 5.82 Å². The van der Waals surface area contributed by atoms with Gasteiger partial charge >= 0.3 is 0 Å². The lowest BCUT2D eigenvalue weighted by Gasteiger charge is -2.33. The second kappa shape index (κ2) is 10.2. The van der Waals surface area contributed by atoms with E-state index >= 15 is 0 Å². The average Bonchev–Trinajstić information content (AvgIpc) is 2.46. The Bertz CT molecular complexity index is 525. The third-order valence-electron chi connectivity index (χ3n) is 4.34. The lowest BCUT2D eigenvalue weighted by molar-refractivity contribution is -0.133. The van der Waals surface area contributed by atoms with Crippen LogP contribution >= 0.6 is 36.4 Å². The van der Waals surface area contributed by atoms with Crippen LogP contribution < -0.4 is 11.5 Å². The third kappa shape index (κ3) is 5.92. The average molecular weight is 399 g/mol. The molecule has 0 saturated carbocycles. The third-order valence-corrected chi connectivity index (χ3v) is 4.51. The Labute approximate surface area is 160 Å². The Morgan fingerprint density at radius 3 is 2.42 bits per heavy atom. The highest BCUT2D eigenvalue weighted by atomic mass is 35.5. The zero-order chi connectivity index (χ0) is 16.3. The summed E-state index contributed by atoms with van der Waals surface area (Å²) in [6.07, 6.45) is 3.88. The fourth-order valence-electron chi connectivity index (χ4n) is 2.97. The van der Waals surface area contributed by atoms with Gasteiger partial charge in [-0.3, -0.25) is 4.79 Å². The van der Waals surface area contributed by atoms with Gasteiger partial charge in [0, 0.05) is 24.3 Å². The number of nitrogens with zero attached hydrogens (tertiary/aromatic N) is 3. The van der Waals surface area contributed by atoms with E-state index in [2.05, 4.69) is 9.97 Å². The van der Waals surface area contributed by atoms with Gasteiger partial charge < -0.3 is 16.4 Å². The number of aryl methyl sites for hydroxylation is 1. The largest absolute Gasteiger partial charge is 0.383 e. The maximum absolute atomic E-state index is 11.9. The summed E-state index contributed by atoms with van der Waals surface area (Å²) in [6, 6.07) is -0.412. The predicted octanol–water partition coefficient (Wildman–Crippen LogP) is 2.38. The molecule has 0 spiro atoms. The zero-order valence-electron chi connectivity index (χ0n) is 14.0. The van der Waals surface area contributed by atoms with Crippen LogP contribution in [0.5, 0.6) is 0 Å². The molecule has 6 nitrogen and oxygen atoms in total. The Balaban J connectivity index is 0.00000264. The maximum Gasteiger partial charge on any atom is 0.239 e. The molecule has 0 unspecified atom stereocenters. The number of rotatable bonds is 4. The Morgan fingerprint density at radius 2 is 1.92 bits per heavy atom. The highest BCUT2D eigenvalue weighted by Gasteiger charge is 2.24. The van der Waals surface area contributed by atoms with Crippen LogP contribution in [-0.2, 0) is 11.2 Å². The minimum Gasteiger partial charge on any atom is -0.383 e. The van der Waals surface area contributed by atoms with E-state index in [0.29, 0.717) is 11.7 Å². The van der Waals surface area contributed by atoms with Crippen molar-refractivity contribution in [2.45, 2.75) is 45.6 Å². The summed E-state index contributed by atoms with van der Waals surface area (Å²) in [5, 5.41) is 0.196. The molecular weight excluding hydrogens is 373 g/mol. The molecule has 0 aromatic carbocycles. The first-order valence-corrected chi connectivity index (χ1v) is 8.09. The van der Waals surface area contributed by atoms with Gasteiger partial charge in [-0.15, -0.1) is 24.8 Å². The number of carbonyl (C=O) groups is 1. The molecule has 24 heavy (non-hydrogen) atoms. The number of aromatic nitrogens is 2. The molecule has 1 fully saturated rings. The van der Waals surface area contributed by atoms with Crippen LogP contribution in [0.2, 0.25) is 5.28 Å². The molecule has 0 bridgehead atoms. The first-order chi connectivity index (χ1) is 10.4. The quantitative estimate of drug-likeness (QED) is 0.759. The Kier molecular flexibility index (Phi) is 9.88. The van der Waals surface area contributed by atoms with Crippen LogP contribution in [0.4, 0.5) is 5.82 Å². The fourth-order valence-corrected chi connectivity index (χ4v) is 3.19. The molecular formula is C15H26Cl3N5O. The van der Waals surface area contributed by atoms with Crippen LogP contribution in [0.3, 0.4) is 0 Å². The molecule has 2 rings (SSSR count). The van der Waals surface area contributed by atoms with E-state index in [1.807, 2.05) is 11.8 Å². The van der Waals surface area contributed by atoms with Crippen molar-refractivity contribution in [1.82, 2.24) is 14.9 Å². The van der Waals surface area contributed by atoms with Crippen molar-refractivity contribution in [3.63, 3.8) is 0 Å². The Hall–Kier alpha value is -0.820. The van der Waals surface area contributed by atoms with Gasteiger partial charge in [-0.05, 0) is 57.0 Å². The topological polar surface area (TPSA) is 98.1 Å². The maximum atomic E-state index is 11.9. The van der Waals surface area contributed by atoms with Crippen molar-refractivity contribution in [1.29, 1.82) is 0 Å². The number of nitrogen functional groups attached to an aromatic ring is 1. The number of hydrogen-bond donors (Lipinski definition) is 2. The van der Waals surface area contributed by atoms with Crippen molar-refractivity contribution in [2.24, 2.45) is 11.7 Å². The minimum atomic E-state index is -0.412. The van der Waals surface area contributed by atoms with E-state index in [1.54, 1.807) is 6.92 Å². The molecule has 138 valence electrons. The van der Waals surface area contributed by atoms with Crippen molar-refractivity contribution in [3.05, 3.63) is 16.5 Å². The van der Waals surface area contributed by atoms with Gasteiger partial charge in [-0.2, -0.15) is 0 Å². The first kappa shape index (κ1) is 23.2. The molecule has 9 heteroatoms. The molecule has 1 amide bonds. The van der Waals surface area contributed by atoms with E-state index < -0.39 is 6.04 Å². The Morgan fingerprint density at radius 1 is 1.33 bits per heavy atom. The molecule has 0 radical (unpaired) electrons. The van der Waals surface area contributed by atoms with E-state index in [4.69, 9.17) is 23.1 Å². The number of carbonyl (C=O) groups excluding carboxylic acids is 1. The highest BCUT2D eigenvalue weighted by Crippen LogP contribution is 2.25. The molecule has 1 saturated heterocycles. The number of halogens is 3. The molecule has 1 aliphatic heterocycles. The van der Waals surface area contributed by atoms with Crippen LogP contribution in [0.25, 0.3) is 0 Å². The summed E-state index contributed by atoms with van der Waals surface area (Å²) in [4.78, 5) is 21.9. The minimum absolute atomic E-state index is 0. The summed E-state index contributed by atoms with van der Waals surface area (Å²) in [5.74, 6) is 1.11. The standard InChI is InChI=1S/C15H24ClN5O.2ClH/c1-9(17)14(22)21-7-5-11(6-8-21)3-4-12-10(2)19-15(16)20-13(12)18;;/h9,11H,3-8,17H2,1-2H3,(H2,18,19,20);2*1H/t9-;;/m0../s1. The van der Waals surface area contributed by atoms with Gasteiger partial charge in [0.25, 0.3) is 0 Å². The predicted molar refractivity (Wildman–Crippen MR) is 102 cm³/mol. The van der Waals surface area contributed by atoms with E-state index in [9.17, 15) is 4.79 Å². The van der Waals surface area contributed by atoms with Gasteiger partial charge in [0.05, 0.1) is 6.04 Å². The fraction of sp³-hybridized carbons (Fsp3) is 0.667. The summed E-state index contributed by atoms with van der Waals surface area (Å²) in [6.45, 7) is 5.22. The van der Waals surface area contributed by atoms with Gasteiger partial charge in [-0.1, -0.05) is 0 Å². The molecule has 4 N–H and O–H groups in total. The molecule has 1 aromatic heterocycles. The molecule has 2 heterocycles. The van der Waals surface area contributed by atoms with Crippen LogP contribution in [0, 0.1) is 12.8 Å². The van der Waals surface area contributed by atoms with Gasteiger partial charge in [-0.25, -0.2) is 9.97 Å². The van der Waals surface area contributed by atoms with Crippen molar-refractivity contribution >= 4 is 48.1 Å². The highest BCUT2D eigenvalue weighted by molar-refractivity contribution is 6.28. The van der Waals surface area contributed by atoms with E-state index in [0.717, 1.165) is 50.0 Å². The summed E-state index contributed by atoms with van der Waals surface area (Å²) >= 11 is 5.79. The normalized spacial score (nSPS) is 16.1. The van der Waals surface area contributed by atoms with Crippen LogP contribution in [-0.4, -0.2) is 39.9 Å². The summed E-state index contributed by atoms with van der Waals surface area (Å²) < 4.78 is 0. The number of nitrogens with two attached hydrogens (primary N) is 2. The van der Waals surface area contributed by atoms with Crippen LogP contribution in [0.1, 0.15) is 37.4 Å². The lowest BCUT2D eigenvalue weighted by Crippen LogP contribution is -2.45. The summed E-state index contributed by atoms with van der Waals surface area (Å²) in [5.41, 5.74) is 13.4. The monoisotopic (exact) mass is 397 g/mol. The smallest absolute Gasteiger partial charge is 0.239 e. The number of hydrogen-bond acceptors (Lipinski definition) is 5.